The summed E-state index contributed by atoms with van der Waals surface area (Å²) in [5, 5.41) is 16.9. The Labute approximate surface area is 188 Å². The van der Waals surface area contributed by atoms with Crippen molar-refractivity contribution in [2.45, 2.75) is 58.0 Å². The van der Waals surface area contributed by atoms with Gasteiger partial charge in [0.2, 0.25) is 0 Å². The Hall–Kier alpha value is -0.860. The van der Waals surface area contributed by atoms with Gasteiger partial charge in [-0.05, 0) is 64.2 Å². The standard InChI is InChI=1S/C22H38N4O.HI/c1-2-23-22(25-16-14-21(27)20-12-6-3-7-13-20)24-15-8-4-9-17-26-18-10-5-11-19-26;/h3,6-7,12-13,21,27H,2,4-5,8-11,14-19H2,1H3,(H2,23,24,25);1H. The van der Waals surface area contributed by atoms with Gasteiger partial charge < -0.3 is 20.6 Å². The third kappa shape index (κ3) is 10.6. The maximum Gasteiger partial charge on any atom is 0.191 e. The Balaban J connectivity index is 0.00000392. The molecule has 0 saturated carbocycles. The minimum absolute atomic E-state index is 0. The van der Waals surface area contributed by atoms with Crippen LogP contribution in [0.1, 0.15) is 63.5 Å². The molecule has 1 aliphatic heterocycles. The molecule has 0 amide bonds. The van der Waals surface area contributed by atoms with E-state index in [1.807, 2.05) is 30.3 Å². The van der Waals surface area contributed by atoms with Gasteiger partial charge in [-0.3, -0.25) is 4.99 Å². The van der Waals surface area contributed by atoms with Crippen LogP contribution in [0.15, 0.2) is 35.3 Å². The van der Waals surface area contributed by atoms with Gasteiger partial charge in [0.15, 0.2) is 5.96 Å². The van der Waals surface area contributed by atoms with Crippen molar-refractivity contribution in [3.8, 4) is 0 Å². The molecule has 0 aliphatic carbocycles. The van der Waals surface area contributed by atoms with Crippen LogP contribution in [-0.2, 0) is 0 Å². The predicted octanol–water partition coefficient (Wildman–Crippen LogP) is 3.94. The molecular formula is C22H39IN4O. The number of rotatable bonds is 11. The van der Waals surface area contributed by atoms with Crippen molar-refractivity contribution in [3.63, 3.8) is 0 Å². The van der Waals surface area contributed by atoms with E-state index in [0.29, 0.717) is 13.0 Å². The molecular weight excluding hydrogens is 463 g/mol. The third-order valence-electron chi connectivity index (χ3n) is 5.09. The molecule has 5 nitrogen and oxygen atoms in total. The number of aliphatic hydroxyl groups excluding tert-OH is 1. The molecule has 1 unspecified atom stereocenters. The molecule has 1 atom stereocenters. The van der Waals surface area contributed by atoms with E-state index in [2.05, 4.69) is 27.4 Å². The smallest absolute Gasteiger partial charge is 0.191 e. The van der Waals surface area contributed by atoms with Crippen LogP contribution < -0.4 is 10.6 Å². The molecule has 2 rings (SSSR count). The van der Waals surface area contributed by atoms with Crippen LogP contribution in [-0.4, -0.2) is 55.2 Å². The van der Waals surface area contributed by atoms with Gasteiger partial charge in [0.05, 0.1) is 6.10 Å². The number of hydrogen-bond acceptors (Lipinski definition) is 3. The van der Waals surface area contributed by atoms with E-state index in [9.17, 15) is 5.11 Å². The second-order valence-electron chi connectivity index (χ2n) is 7.37. The summed E-state index contributed by atoms with van der Waals surface area (Å²) < 4.78 is 0. The van der Waals surface area contributed by atoms with Crippen molar-refractivity contribution < 1.29 is 5.11 Å². The zero-order valence-corrected chi connectivity index (χ0v) is 19.7. The lowest BCUT2D eigenvalue weighted by Gasteiger charge is -2.26. The van der Waals surface area contributed by atoms with Gasteiger partial charge in [-0.2, -0.15) is 0 Å². The van der Waals surface area contributed by atoms with Crippen LogP contribution in [0.25, 0.3) is 0 Å². The van der Waals surface area contributed by atoms with E-state index >= 15 is 0 Å². The molecule has 1 saturated heterocycles. The number of piperidine rings is 1. The largest absolute Gasteiger partial charge is 0.388 e. The number of likely N-dealkylation sites (tertiary alicyclic amines) is 1. The van der Waals surface area contributed by atoms with Gasteiger partial charge >= 0.3 is 0 Å². The zero-order valence-electron chi connectivity index (χ0n) is 17.4. The van der Waals surface area contributed by atoms with E-state index < -0.39 is 6.10 Å². The van der Waals surface area contributed by atoms with Crippen molar-refractivity contribution in [1.82, 2.24) is 15.5 Å². The number of hydrogen-bond donors (Lipinski definition) is 3. The van der Waals surface area contributed by atoms with Gasteiger partial charge in [-0.15, -0.1) is 24.0 Å². The number of halogens is 1. The summed E-state index contributed by atoms with van der Waals surface area (Å²) in [5.74, 6) is 0.855. The fourth-order valence-electron chi connectivity index (χ4n) is 3.51. The molecule has 1 fully saturated rings. The minimum Gasteiger partial charge on any atom is -0.388 e. The molecule has 0 spiro atoms. The number of aliphatic imine (C=N–C) groups is 1. The van der Waals surface area contributed by atoms with E-state index in [-0.39, 0.29) is 24.0 Å². The summed E-state index contributed by atoms with van der Waals surface area (Å²) in [5.41, 5.74) is 0.968. The van der Waals surface area contributed by atoms with Crippen LogP contribution in [0, 0.1) is 0 Å². The first-order chi connectivity index (χ1) is 13.3. The summed E-state index contributed by atoms with van der Waals surface area (Å²) in [4.78, 5) is 7.27. The molecule has 1 aliphatic rings. The molecule has 1 heterocycles. The lowest BCUT2D eigenvalue weighted by atomic mass is 10.1. The monoisotopic (exact) mass is 502 g/mol. The highest BCUT2D eigenvalue weighted by Crippen LogP contribution is 2.14. The third-order valence-corrected chi connectivity index (χ3v) is 5.09. The highest BCUT2D eigenvalue weighted by Gasteiger charge is 2.09. The first kappa shape index (κ1) is 25.2. The number of aliphatic hydroxyl groups is 1. The molecule has 0 aromatic heterocycles. The van der Waals surface area contributed by atoms with E-state index in [1.165, 1.54) is 51.7 Å². The van der Waals surface area contributed by atoms with Gasteiger partial charge in [0.25, 0.3) is 0 Å². The molecule has 0 bridgehead atoms. The second kappa shape index (κ2) is 16.0. The van der Waals surface area contributed by atoms with Gasteiger partial charge in [0.1, 0.15) is 0 Å². The molecule has 0 radical (unpaired) electrons. The Bertz CT molecular complexity index is 521. The van der Waals surface area contributed by atoms with Crippen molar-refractivity contribution >= 4 is 29.9 Å². The summed E-state index contributed by atoms with van der Waals surface area (Å²) in [6.45, 7) is 8.33. The normalized spacial score (nSPS) is 16.3. The summed E-state index contributed by atoms with van der Waals surface area (Å²) in [6, 6.07) is 9.82. The van der Waals surface area contributed by atoms with Crippen LogP contribution >= 0.6 is 24.0 Å². The topological polar surface area (TPSA) is 59.9 Å². The highest BCUT2D eigenvalue weighted by molar-refractivity contribution is 14.0. The molecule has 6 heteroatoms. The SMILES string of the molecule is CCNC(=NCCCCCN1CCCCC1)NCCC(O)c1ccccc1.I. The average Bonchev–Trinajstić information content (AvgIpc) is 2.71. The van der Waals surface area contributed by atoms with Crippen LogP contribution in [0.2, 0.25) is 0 Å². The van der Waals surface area contributed by atoms with Gasteiger partial charge in [0, 0.05) is 19.6 Å². The summed E-state index contributed by atoms with van der Waals surface area (Å²) in [6.07, 6.45) is 8.06. The van der Waals surface area contributed by atoms with Crippen molar-refractivity contribution in [2.75, 3.05) is 39.3 Å². The Kier molecular flexibility index (Phi) is 14.4. The number of benzene rings is 1. The fraction of sp³-hybridized carbons (Fsp3) is 0.682. The number of guanidine groups is 1. The highest BCUT2D eigenvalue weighted by atomic mass is 127. The van der Waals surface area contributed by atoms with E-state index in [1.54, 1.807) is 0 Å². The summed E-state index contributed by atoms with van der Waals surface area (Å²) >= 11 is 0. The zero-order chi connectivity index (χ0) is 19.2. The number of nitrogens with one attached hydrogen (secondary N) is 2. The second-order valence-corrected chi connectivity index (χ2v) is 7.37. The maximum atomic E-state index is 10.2. The Morgan fingerprint density at radius 3 is 2.54 bits per heavy atom. The lowest BCUT2D eigenvalue weighted by Crippen LogP contribution is -2.38. The van der Waals surface area contributed by atoms with Gasteiger partial charge in [-0.1, -0.05) is 43.2 Å². The molecule has 28 heavy (non-hydrogen) atoms. The average molecular weight is 502 g/mol. The Morgan fingerprint density at radius 1 is 1.07 bits per heavy atom. The minimum atomic E-state index is -0.434. The predicted molar refractivity (Wildman–Crippen MR) is 130 cm³/mol. The first-order valence-electron chi connectivity index (χ1n) is 10.8. The maximum absolute atomic E-state index is 10.2. The molecule has 3 N–H and O–H groups in total. The van der Waals surface area contributed by atoms with Crippen molar-refractivity contribution in [3.05, 3.63) is 35.9 Å². The fourth-order valence-corrected chi connectivity index (χ4v) is 3.51. The molecule has 1 aromatic carbocycles. The van der Waals surface area contributed by atoms with Gasteiger partial charge in [-0.25, -0.2) is 0 Å². The first-order valence-corrected chi connectivity index (χ1v) is 10.8. The Morgan fingerprint density at radius 2 is 1.82 bits per heavy atom. The quantitative estimate of drug-likeness (QED) is 0.186. The van der Waals surface area contributed by atoms with Crippen molar-refractivity contribution in [2.24, 2.45) is 4.99 Å². The molecule has 160 valence electrons. The van der Waals surface area contributed by atoms with Crippen LogP contribution in [0.5, 0.6) is 0 Å². The van der Waals surface area contributed by atoms with Crippen LogP contribution in [0.4, 0.5) is 0 Å². The van der Waals surface area contributed by atoms with Crippen molar-refractivity contribution in [1.29, 1.82) is 0 Å². The van der Waals surface area contributed by atoms with E-state index in [4.69, 9.17) is 0 Å². The summed E-state index contributed by atoms with van der Waals surface area (Å²) in [7, 11) is 0. The number of nitrogens with zero attached hydrogens (tertiary/aromatic N) is 2. The molecule has 1 aromatic rings. The van der Waals surface area contributed by atoms with Crippen LogP contribution in [0.3, 0.4) is 0 Å². The van der Waals surface area contributed by atoms with E-state index in [0.717, 1.165) is 31.0 Å². The lowest BCUT2D eigenvalue weighted by molar-refractivity contribution is 0.168. The number of unbranched alkanes of at least 4 members (excludes halogenated alkanes) is 2.